The first-order valence-electron chi connectivity index (χ1n) is 12.3. The molecule has 1 heterocycles. The summed E-state index contributed by atoms with van der Waals surface area (Å²) in [5, 5.41) is 20.6. The Morgan fingerprint density at radius 1 is 1.00 bits per heavy atom. The van der Waals surface area contributed by atoms with E-state index in [-0.39, 0.29) is 23.4 Å². The van der Waals surface area contributed by atoms with E-state index in [2.05, 4.69) is 0 Å². The van der Waals surface area contributed by atoms with Gasteiger partial charge in [0.15, 0.2) is 11.6 Å². The number of hydrogen-bond acceptors (Lipinski definition) is 4. The molecule has 2 N–H and O–H groups in total. The van der Waals surface area contributed by atoms with E-state index in [4.69, 9.17) is 4.74 Å². The Morgan fingerprint density at radius 2 is 1.64 bits per heavy atom. The Bertz CT molecular complexity index is 1570. The summed E-state index contributed by atoms with van der Waals surface area (Å²) in [5.41, 5.74) is 2.49. The number of fused-ring (bicyclic) bond motifs is 1. The van der Waals surface area contributed by atoms with E-state index in [0.717, 1.165) is 6.07 Å². The molecule has 1 amide bonds. The number of aromatic carboxylic acids is 1. The van der Waals surface area contributed by atoms with E-state index in [0.29, 0.717) is 40.0 Å². The maximum atomic E-state index is 14.8. The number of carbonyl (C=O) groups excluding carboxylic acids is 1. The fourth-order valence-electron chi connectivity index (χ4n) is 4.72. The molecular weight excluding hydrogens is 506 g/mol. The maximum Gasteiger partial charge on any atom is 0.409 e. The summed E-state index contributed by atoms with van der Waals surface area (Å²) in [5.74, 6) is -2.85. The number of phenolic OH excluding ortho intramolecular Hbond substituents is 1. The molecule has 0 fully saturated rings. The topological polar surface area (TPSA) is 92.0 Å². The van der Waals surface area contributed by atoms with Crippen LogP contribution in [0.5, 0.6) is 5.75 Å². The summed E-state index contributed by atoms with van der Waals surface area (Å²) in [6.45, 7) is 5.57. The van der Waals surface area contributed by atoms with Crippen molar-refractivity contribution >= 4 is 23.0 Å². The van der Waals surface area contributed by atoms with Crippen molar-refractivity contribution in [1.82, 2.24) is 9.47 Å². The Morgan fingerprint density at radius 3 is 2.23 bits per heavy atom. The van der Waals surface area contributed by atoms with Crippen LogP contribution in [0.15, 0.2) is 54.6 Å². The lowest BCUT2D eigenvalue weighted by Crippen LogP contribution is -2.28. The molecule has 4 aromatic rings. The molecule has 7 nitrogen and oxygen atoms in total. The average Bonchev–Trinajstić information content (AvgIpc) is 3.24. The van der Waals surface area contributed by atoms with Crippen LogP contribution < -0.4 is 0 Å². The summed E-state index contributed by atoms with van der Waals surface area (Å²) in [4.78, 5) is 24.9. The predicted octanol–water partition coefficient (Wildman–Crippen LogP) is 6.65. The molecule has 0 spiro atoms. The molecular formula is C30H30F2N2O5. The first-order chi connectivity index (χ1) is 18.3. The molecule has 3 aromatic carbocycles. The summed E-state index contributed by atoms with van der Waals surface area (Å²) in [6, 6.07) is 13.4. The lowest BCUT2D eigenvalue weighted by molar-refractivity contribution is 0.0696. The van der Waals surface area contributed by atoms with Crippen molar-refractivity contribution in [2.75, 3.05) is 20.7 Å². The number of ether oxygens (including phenoxy) is 1. The molecule has 0 saturated heterocycles. The predicted molar refractivity (Wildman–Crippen MR) is 145 cm³/mol. The highest BCUT2D eigenvalue weighted by atomic mass is 19.1. The minimum absolute atomic E-state index is 0.0726. The van der Waals surface area contributed by atoms with Crippen molar-refractivity contribution in [3.05, 3.63) is 83.1 Å². The number of nitrogens with zero attached hydrogens (tertiary/aromatic N) is 2. The number of carboxylic acid groups (broad SMARTS) is 1. The molecule has 0 atom stereocenters. The van der Waals surface area contributed by atoms with Gasteiger partial charge in [0, 0.05) is 36.5 Å². The second-order valence-corrected chi connectivity index (χ2v) is 10.3. The molecule has 9 heteroatoms. The van der Waals surface area contributed by atoms with Crippen LogP contribution in [-0.2, 0) is 10.2 Å². The van der Waals surface area contributed by atoms with Gasteiger partial charge in [-0.3, -0.25) is 0 Å². The van der Waals surface area contributed by atoms with Gasteiger partial charge < -0.3 is 24.4 Å². The second kappa shape index (κ2) is 10.4. The van der Waals surface area contributed by atoms with Crippen molar-refractivity contribution in [3.8, 4) is 22.6 Å². The van der Waals surface area contributed by atoms with E-state index in [1.54, 1.807) is 51.4 Å². The van der Waals surface area contributed by atoms with Crippen LogP contribution >= 0.6 is 0 Å². The van der Waals surface area contributed by atoms with Gasteiger partial charge in [0.05, 0.1) is 23.1 Å². The van der Waals surface area contributed by atoms with Crippen LogP contribution in [0.2, 0.25) is 0 Å². The zero-order valence-electron chi connectivity index (χ0n) is 22.4. The second-order valence-electron chi connectivity index (χ2n) is 10.3. The fourth-order valence-corrected chi connectivity index (χ4v) is 4.72. The molecule has 39 heavy (non-hydrogen) atoms. The fraction of sp³-hybridized carbons (Fsp3) is 0.267. The molecule has 0 radical (unpaired) electrons. The van der Waals surface area contributed by atoms with Crippen molar-refractivity contribution in [1.29, 1.82) is 0 Å². The minimum Gasteiger partial charge on any atom is -0.504 e. The first-order valence-corrected chi connectivity index (χ1v) is 12.3. The van der Waals surface area contributed by atoms with Crippen molar-refractivity contribution in [3.63, 3.8) is 0 Å². The van der Waals surface area contributed by atoms with Crippen molar-refractivity contribution in [2.24, 2.45) is 0 Å². The van der Waals surface area contributed by atoms with Crippen LogP contribution in [-0.4, -0.2) is 52.4 Å². The molecule has 0 aliphatic rings. The van der Waals surface area contributed by atoms with Gasteiger partial charge in [-0.2, -0.15) is 0 Å². The lowest BCUT2D eigenvalue weighted by atomic mass is 9.81. The SMILES string of the molecule is Cc1cc(-n2c(C(C)(C)CCOC(=O)N(C)C)c(-c3ccc(C(=O)O)cc3)c3c(O)c(F)ccc32)ccc1F. The average molecular weight is 537 g/mol. The normalized spacial score (nSPS) is 11.6. The largest absolute Gasteiger partial charge is 0.504 e. The van der Waals surface area contributed by atoms with Crippen LogP contribution in [0.3, 0.4) is 0 Å². The number of aryl methyl sites for hydroxylation is 1. The number of benzene rings is 3. The zero-order chi connectivity index (χ0) is 28.6. The number of aromatic nitrogens is 1. The number of phenols is 1. The Labute approximate surface area is 224 Å². The van der Waals surface area contributed by atoms with E-state index in [1.807, 2.05) is 18.4 Å². The van der Waals surface area contributed by atoms with Crippen molar-refractivity contribution < 1.29 is 33.3 Å². The van der Waals surface area contributed by atoms with Gasteiger partial charge in [-0.25, -0.2) is 18.4 Å². The number of rotatable bonds is 7. The third-order valence-electron chi connectivity index (χ3n) is 6.84. The van der Waals surface area contributed by atoms with Gasteiger partial charge in [0.2, 0.25) is 0 Å². The Hall–Kier alpha value is -4.40. The van der Waals surface area contributed by atoms with Crippen LogP contribution in [0.25, 0.3) is 27.7 Å². The molecule has 204 valence electrons. The quantitative estimate of drug-likeness (QED) is 0.276. The first kappa shape index (κ1) is 27.6. The number of carboxylic acids is 1. The van der Waals surface area contributed by atoms with Gasteiger partial charge in [-0.15, -0.1) is 0 Å². The van der Waals surface area contributed by atoms with E-state index in [1.165, 1.54) is 23.1 Å². The standard InChI is InChI=1S/C30H30F2N2O5/c1-17-16-20(10-11-21(17)31)34-23-13-12-22(32)26(35)25(23)24(18-6-8-19(9-7-18)28(36)37)27(34)30(2,3)14-15-39-29(38)33(4)5/h6-13,16,35H,14-15H2,1-5H3,(H,36,37). The zero-order valence-corrected chi connectivity index (χ0v) is 22.4. The molecule has 0 saturated carbocycles. The molecule has 0 bridgehead atoms. The van der Waals surface area contributed by atoms with E-state index in [9.17, 15) is 28.6 Å². The highest BCUT2D eigenvalue weighted by molar-refractivity contribution is 6.04. The third-order valence-corrected chi connectivity index (χ3v) is 6.84. The van der Waals surface area contributed by atoms with Gasteiger partial charge in [-0.1, -0.05) is 26.0 Å². The van der Waals surface area contributed by atoms with Crippen LogP contribution in [0, 0.1) is 18.6 Å². The number of aromatic hydroxyl groups is 1. The van der Waals surface area contributed by atoms with Crippen molar-refractivity contribution in [2.45, 2.75) is 32.6 Å². The number of amides is 1. The van der Waals surface area contributed by atoms with Crippen LogP contribution in [0.1, 0.15) is 41.9 Å². The monoisotopic (exact) mass is 536 g/mol. The number of carbonyl (C=O) groups is 2. The molecule has 0 unspecified atom stereocenters. The summed E-state index contributed by atoms with van der Waals surface area (Å²) >= 11 is 0. The highest BCUT2D eigenvalue weighted by Crippen LogP contribution is 2.47. The molecule has 0 aliphatic heterocycles. The van der Waals surface area contributed by atoms with Gasteiger partial charge in [0.1, 0.15) is 5.82 Å². The minimum atomic E-state index is -1.09. The molecule has 0 aliphatic carbocycles. The number of hydrogen-bond donors (Lipinski definition) is 2. The van der Waals surface area contributed by atoms with Gasteiger partial charge in [0.25, 0.3) is 0 Å². The number of halogens is 2. The third kappa shape index (κ3) is 5.16. The smallest absolute Gasteiger partial charge is 0.409 e. The molecule has 1 aromatic heterocycles. The summed E-state index contributed by atoms with van der Waals surface area (Å²) < 4.78 is 36.3. The molecule has 4 rings (SSSR count). The maximum absolute atomic E-state index is 14.8. The van der Waals surface area contributed by atoms with Gasteiger partial charge >= 0.3 is 12.1 Å². The highest BCUT2D eigenvalue weighted by Gasteiger charge is 2.34. The van der Waals surface area contributed by atoms with Crippen LogP contribution in [0.4, 0.5) is 13.6 Å². The van der Waals surface area contributed by atoms with E-state index >= 15 is 0 Å². The van der Waals surface area contributed by atoms with Gasteiger partial charge in [-0.05, 0) is 66.9 Å². The summed E-state index contributed by atoms with van der Waals surface area (Å²) in [6.07, 6.45) is -0.142. The van der Waals surface area contributed by atoms with E-state index < -0.39 is 29.0 Å². The lowest BCUT2D eigenvalue weighted by Gasteiger charge is -2.29. The summed E-state index contributed by atoms with van der Waals surface area (Å²) in [7, 11) is 3.16. The Kier molecular flexibility index (Phi) is 7.37. The Balaban J connectivity index is 2.05.